The molecule has 1 N–H and O–H groups in total. The Balaban J connectivity index is 4.44. The van der Waals surface area contributed by atoms with E-state index in [9.17, 15) is 21.6 Å². The lowest BCUT2D eigenvalue weighted by atomic mass is 10.9. The Hall–Kier alpha value is -0.300. The quantitative estimate of drug-likeness (QED) is 0.636. The lowest BCUT2D eigenvalue weighted by Crippen LogP contribution is -2.36. The fourth-order valence-electron chi connectivity index (χ4n) is 0.199. The van der Waals surface area contributed by atoms with Crippen LogP contribution >= 0.6 is 0 Å². The van der Waals surface area contributed by atoms with E-state index < -0.39 is 22.1 Å². The maximum atomic E-state index is 11.9. The maximum Gasteiger partial charge on any atom is 0.356 e. The van der Waals surface area contributed by atoms with Gasteiger partial charge in [0.25, 0.3) is 10.0 Å². The van der Waals surface area contributed by atoms with Crippen molar-refractivity contribution in [2.24, 2.45) is 0 Å². The van der Waals surface area contributed by atoms with Gasteiger partial charge in [0.05, 0.1) is 0 Å². The van der Waals surface area contributed by atoms with E-state index >= 15 is 0 Å². The van der Waals surface area contributed by atoms with Crippen molar-refractivity contribution in [1.82, 2.24) is 4.72 Å². The second-order valence-corrected chi connectivity index (χ2v) is 3.60. The van der Waals surface area contributed by atoms with Crippen molar-refractivity contribution in [2.45, 2.75) is 12.2 Å². The van der Waals surface area contributed by atoms with E-state index in [-0.39, 0.29) is 6.92 Å². The fourth-order valence-corrected chi connectivity index (χ4v) is 0.596. The summed E-state index contributed by atoms with van der Waals surface area (Å²) in [6.45, 7) is -1.35. The highest BCUT2D eigenvalue weighted by atomic mass is 32.2. The van der Waals surface area contributed by atoms with Gasteiger partial charge in [0, 0.05) is 6.92 Å². The van der Waals surface area contributed by atoms with Crippen LogP contribution in [-0.2, 0) is 10.0 Å². The zero-order valence-electron chi connectivity index (χ0n) is 5.07. The number of alkyl halides is 3. The van der Waals surface area contributed by atoms with Crippen molar-refractivity contribution in [2.75, 3.05) is 6.80 Å². The van der Waals surface area contributed by atoms with E-state index in [1.54, 1.807) is 0 Å². The SMILES string of the molecule is CC(F)(F)S(=O)(=O)NCF. The van der Waals surface area contributed by atoms with Crippen molar-refractivity contribution in [3.05, 3.63) is 0 Å². The van der Waals surface area contributed by atoms with Gasteiger partial charge < -0.3 is 0 Å². The van der Waals surface area contributed by atoms with Crippen LogP contribution in [0.1, 0.15) is 6.92 Å². The fraction of sp³-hybridized carbons (Fsp3) is 1.00. The van der Waals surface area contributed by atoms with E-state index in [0.717, 1.165) is 4.72 Å². The summed E-state index contributed by atoms with van der Waals surface area (Å²) >= 11 is 0. The van der Waals surface area contributed by atoms with Crippen LogP contribution in [-0.4, -0.2) is 20.5 Å². The second-order valence-electron chi connectivity index (χ2n) is 1.59. The lowest BCUT2D eigenvalue weighted by Gasteiger charge is -2.09. The minimum atomic E-state index is -4.81. The predicted octanol–water partition coefficient (Wildman–Crippen LogP) is 0.446. The van der Waals surface area contributed by atoms with Crippen molar-refractivity contribution in [3.8, 4) is 0 Å². The largest absolute Gasteiger partial charge is 0.356 e. The van der Waals surface area contributed by atoms with Gasteiger partial charge in [0.1, 0.15) is 0 Å². The molecule has 0 aromatic rings. The van der Waals surface area contributed by atoms with E-state index in [0.29, 0.717) is 0 Å². The Bertz CT molecular complexity index is 194. The summed E-state index contributed by atoms with van der Waals surface area (Å²) in [5.74, 6) is 0. The van der Waals surface area contributed by atoms with Crippen LogP contribution in [0.4, 0.5) is 13.2 Å². The molecule has 10 heavy (non-hydrogen) atoms. The Morgan fingerprint density at radius 1 is 1.50 bits per heavy atom. The van der Waals surface area contributed by atoms with E-state index in [2.05, 4.69) is 0 Å². The van der Waals surface area contributed by atoms with Gasteiger partial charge in [-0.1, -0.05) is 0 Å². The highest BCUT2D eigenvalue weighted by Crippen LogP contribution is 2.18. The van der Waals surface area contributed by atoms with Gasteiger partial charge in [-0.25, -0.2) is 12.8 Å². The summed E-state index contributed by atoms with van der Waals surface area (Å²) in [6.07, 6.45) is 0. The molecule has 0 unspecified atom stereocenters. The number of hydrogen-bond acceptors (Lipinski definition) is 2. The highest BCUT2D eigenvalue weighted by molar-refractivity contribution is 7.90. The lowest BCUT2D eigenvalue weighted by molar-refractivity contribution is 0.112. The Labute approximate surface area is 56.3 Å². The Morgan fingerprint density at radius 2 is 1.90 bits per heavy atom. The molecule has 7 heteroatoms. The topological polar surface area (TPSA) is 46.2 Å². The van der Waals surface area contributed by atoms with Gasteiger partial charge in [0.2, 0.25) is 0 Å². The number of hydrogen-bond donors (Lipinski definition) is 1. The molecule has 0 aromatic carbocycles. The highest BCUT2D eigenvalue weighted by Gasteiger charge is 2.38. The minimum absolute atomic E-state index is 0.172. The molecule has 0 bridgehead atoms. The monoisotopic (exact) mass is 177 g/mol. The second kappa shape index (κ2) is 2.75. The molecule has 0 aliphatic heterocycles. The molecule has 0 aliphatic carbocycles. The first-order valence-electron chi connectivity index (χ1n) is 2.24. The first kappa shape index (κ1) is 9.70. The third kappa shape index (κ3) is 2.14. The summed E-state index contributed by atoms with van der Waals surface area (Å²) in [5.41, 5.74) is 0. The van der Waals surface area contributed by atoms with Crippen LogP contribution in [0.2, 0.25) is 0 Å². The van der Waals surface area contributed by atoms with Gasteiger partial charge in [0.15, 0.2) is 6.80 Å². The van der Waals surface area contributed by atoms with Gasteiger partial charge in [-0.15, -0.1) is 0 Å². The third-order valence-electron chi connectivity index (χ3n) is 0.716. The molecule has 0 spiro atoms. The Kier molecular flexibility index (Phi) is 2.67. The van der Waals surface area contributed by atoms with Crippen LogP contribution in [0.3, 0.4) is 0 Å². The molecule has 0 amide bonds. The number of nitrogens with one attached hydrogen (secondary N) is 1. The number of rotatable bonds is 3. The van der Waals surface area contributed by atoms with Crippen molar-refractivity contribution >= 4 is 10.0 Å². The molecule has 0 heterocycles. The van der Waals surface area contributed by atoms with Gasteiger partial charge in [-0.2, -0.15) is 13.5 Å². The summed E-state index contributed by atoms with van der Waals surface area (Å²) in [6, 6.07) is 0. The molecule has 0 saturated carbocycles. The first-order chi connectivity index (χ1) is 4.31. The minimum Gasteiger partial charge on any atom is -0.233 e. The summed E-state index contributed by atoms with van der Waals surface area (Å²) in [5, 5.41) is -3.93. The van der Waals surface area contributed by atoms with E-state index in [1.165, 1.54) is 0 Å². The van der Waals surface area contributed by atoms with Crippen molar-refractivity contribution in [3.63, 3.8) is 0 Å². The molecular formula is C3H6F3NO2S. The average molecular weight is 177 g/mol. The molecule has 0 aliphatic rings. The molecule has 0 atom stereocenters. The van der Waals surface area contributed by atoms with Gasteiger partial charge in [-0.3, -0.25) is 0 Å². The average Bonchev–Trinajstić information content (AvgIpc) is 1.61. The molecule has 0 saturated heterocycles. The maximum absolute atomic E-state index is 11.9. The van der Waals surface area contributed by atoms with Crippen LogP contribution in [0.25, 0.3) is 0 Å². The molecule has 0 rings (SSSR count). The molecule has 0 aromatic heterocycles. The number of halogens is 3. The molecular weight excluding hydrogens is 171 g/mol. The molecule has 62 valence electrons. The van der Waals surface area contributed by atoms with Crippen molar-refractivity contribution in [1.29, 1.82) is 0 Å². The van der Waals surface area contributed by atoms with E-state index in [4.69, 9.17) is 0 Å². The first-order valence-corrected chi connectivity index (χ1v) is 3.72. The van der Waals surface area contributed by atoms with Crippen LogP contribution in [0.5, 0.6) is 0 Å². The molecule has 0 radical (unpaired) electrons. The zero-order chi connectivity index (χ0) is 8.41. The van der Waals surface area contributed by atoms with Crippen molar-refractivity contribution < 1.29 is 21.6 Å². The predicted molar refractivity (Wildman–Crippen MR) is 28.7 cm³/mol. The summed E-state index contributed by atoms with van der Waals surface area (Å²) in [7, 11) is -4.81. The van der Waals surface area contributed by atoms with Crippen LogP contribution < -0.4 is 4.72 Å². The summed E-state index contributed by atoms with van der Waals surface area (Å²) in [4.78, 5) is 0. The van der Waals surface area contributed by atoms with E-state index in [1.807, 2.05) is 0 Å². The summed E-state index contributed by atoms with van der Waals surface area (Å²) < 4.78 is 56.3. The smallest absolute Gasteiger partial charge is 0.233 e. The van der Waals surface area contributed by atoms with Gasteiger partial charge in [-0.05, 0) is 0 Å². The third-order valence-corrected chi connectivity index (χ3v) is 2.15. The zero-order valence-corrected chi connectivity index (χ0v) is 5.88. The normalized spacial score (nSPS) is 13.6. The van der Waals surface area contributed by atoms with Gasteiger partial charge >= 0.3 is 5.25 Å². The van der Waals surface area contributed by atoms with Crippen LogP contribution in [0.15, 0.2) is 0 Å². The van der Waals surface area contributed by atoms with Crippen LogP contribution in [0, 0.1) is 0 Å². The Morgan fingerprint density at radius 3 is 2.00 bits per heavy atom. The number of sulfonamides is 1. The molecule has 3 nitrogen and oxygen atoms in total. The molecule has 0 fully saturated rings. The standard InChI is InChI=1S/C3H6F3NO2S/c1-3(5,6)10(8,9)7-2-4/h7H,2H2,1H3.